The number of nitriles is 1. The van der Waals surface area contributed by atoms with E-state index in [9.17, 15) is 4.39 Å². The molecule has 4 heteroatoms. The maximum Gasteiger partial charge on any atom is 0.125 e. The number of benzene rings is 1. The van der Waals surface area contributed by atoms with E-state index in [2.05, 4.69) is 11.4 Å². The Morgan fingerprint density at radius 1 is 1.64 bits per heavy atom. The van der Waals surface area contributed by atoms with E-state index < -0.39 is 0 Å². The molecule has 1 aromatic carbocycles. The van der Waals surface area contributed by atoms with Crippen LogP contribution in [0.5, 0.6) is 0 Å². The quantitative estimate of drug-likeness (QED) is 0.836. The summed E-state index contributed by atoms with van der Waals surface area (Å²) in [5.74, 6) is -0.476. The van der Waals surface area contributed by atoms with Crippen LogP contribution in [0.3, 0.4) is 0 Å². The summed E-state index contributed by atoms with van der Waals surface area (Å²) < 4.78 is 12.8. The molecule has 0 bridgehead atoms. The van der Waals surface area contributed by atoms with Gasteiger partial charge in [-0.05, 0) is 25.1 Å². The average molecular weight is 213 g/mol. The first-order chi connectivity index (χ1) is 6.63. The first kappa shape index (κ1) is 10.8. The lowest BCUT2D eigenvalue weighted by molar-refractivity contribution is 0.628. The molecule has 1 aromatic rings. The fraction of sp³-hybridized carbons (Fsp3) is 0.300. The van der Waals surface area contributed by atoms with Crippen molar-refractivity contribution in [3.63, 3.8) is 0 Å². The van der Waals surface area contributed by atoms with Crippen LogP contribution in [0.1, 0.15) is 6.92 Å². The van der Waals surface area contributed by atoms with Gasteiger partial charge in [0.05, 0.1) is 22.7 Å². The molecule has 2 nitrogen and oxygen atoms in total. The second kappa shape index (κ2) is 4.83. The van der Waals surface area contributed by atoms with E-state index in [-0.39, 0.29) is 11.7 Å². The normalized spacial score (nSPS) is 11.9. The van der Waals surface area contributed by atoms with Crippen LogP contribution in [0.4, 0.5) is 10.1 Å². The average Bonchev–Trinajstić information content (AvgIpc) is 2.19. The Bertz CT molecular complexity index is 360. The number of anilines is 1. The standard InChI is InChI=1S/C10H10ClFN2/c1-7(5-13)6-14-10-4-8(12)2-3-9(10)11/h2-4,7,14H,6H2,1H3. The molecule has 14 heavy (non-hydrogen) atoms. The predicted octanol–water partition coefficient (Wildman–Crippen LogP) is 3.05. The molecule has 0 saturated heterocycles. The lowest BCUT2D eigenvalue weighted by Gasteiger charge is -2.08. The zero-order chi connectivity index (χ0) is 10.6. The van der Waals surface area contributed by atoms with Crippen molar-refractivity contribution in [3.8, 4) is 6.07 Å². The number of rotatable bonds is 3. The van der Waals surface area contributed by atoms with Crippen LogP contribution in [-0.2, 0) is 0 Å². The molecular formula is C10H10ClFN2. The summed E-state index contributed by atoms with van der Waals surface area (Å²) in [6, 6.07) is 6.16. The molecule has 0 heterocycles. The van der Waals surface area contributed by atoms with Crippen LogP contribution in [0.2, 0.25) is 5.02 Å². The molecule has 1 rings (SSSR count). The summed E-state index contributed by atoms with van der Waals surface area (Å²) in [6.45, 7) is 2.24. The summed E-state index contributed by atoms with van der Waals surface area (Å²) in [4.78, 5) is 0. The molecule has 0 aliphatic carbocycles. The monoisotopic (exact) mass is 212 g/mol. The number of hydrogen-bond acceptors (Lipinski definition) is 2. The fourth-order valence-electron chi connectivity index (χ4n) is 0.942. The Balaban J connectivity index is 2.67. The predicted molar refractivity (Wildman–Crippen MR) is 54.7 cm³/mol. The smallest absolute Gasteiger partial charge is 0.125 e. The summed E-state index contributed by atoms with van der Waals surface area (Å²) in [5.41, 5.74) is 0.522. The van der Waals surface area contributed by atoms with Crippen LogP contribution in [0.15, 0.2) is 18.2 Å². The zero-order valence-corrected chi connectivity index (χ0v) is 8.48. The van der Waals surface area contributed by atoms with Crippen molar-refractivity contribution in [2.75, 3.05) is 11.9 Å². The minimum absolute atomic E-state index is 0.130. The lowest BCUT2D eigenvalue weighted by Crippen LogP contribution is -2.09. The Labute approximate surface area is 87.3 Å². The third-order valence-corrected chi connectivity index (χ3v) is 2.08. The SMILES string of the molecule is CC(C#N)CNc1cc(F)ccc1Cl. The third-order valence-electron chi connectivity index (χ3n) is 1.75. The molecule has 0 aromatic heterocycles. The highest BCUT2D eigenvalue weighted by atomic mass is 35.5. The van der Waals surface area contributed by atoms with E-state index in [1.54, 1.807) is 6.92 Å². The first-order valence-corrected chi connectivity index (χ1v) is 4.60. The molecule has 0 amide bonds. The zero-order valence-electron chi connectivity index (χ0n) is 7.72. The molecule has 0 spiro atoms. The minimum Gasteiger partial charge on any atom is -0.382 e. The maximum atomic E-state index is 12.8. The van der Waals surface area contributed by atoms with Crippen molar-refractivity contribution in [1.82, 2.24) is 0 Å². The van der Waals surface area contributed by atoms with Crippen LogP contribution in [0, 0.1) is 23.1 Å². The molecule has 0 radical (unpaired) electrons. The maximum absolute atomic E-state index is 12.8. The number of halogens is 2. The summed E-state index contributed by atoms with van der Waals surface area (Å²) in [5, 5.41) is 11.9. The Morgan fingerprint density at radius 2 is 2.36 bits per heavy atom. The van der Waals surface area contributed by atoms with E-state index in [0.29, 0.717) is 17.3 Å². The first-order valence-electron chi connectivity index (χ1n) is 4.22. The van der Waals surface area contributed by atoms with Gasteiger partial charge in [0.25, 0.3) is 0 Å². The molecule has 74 valence electrons. The molecule has 0 saturated carbocycles. The molecular weight excluding hydrogens is 203 g/mol. The van der Waals surface area contributed by atoms with Crippen LogP contribution in [0.25, 0.3) is 0 Å². The van der Waals surface area contributed by atoms with Crippen LogP contribution < -0.4 is 5.32 Å². The van der Waals surface area contributed by atoms with Gasteiger partial charge < -0.3 is 5.32 Å². The number of hydrogen-bond donors (Lipinski definition) is 1. The van der Waals surface area contributed by atoms with Crippen molar-refractivity contribution in [1.29, 1.82) is 5.26 Å². The van der Waals surface area contributed by atoms with Crippen molar-refractivity contribution in [2.24, 2.45) is 5.92 Å². The van der Waals surface area contributed by atoms with Gasteiger partial charge in [-0.2, -0.15) is 5.26 Å². The van der Waals surface area contributed by atoms with Crippen LogP contribution in [-0.4, -0.2) is 6.54 Å². The fourth-order valence-corrected chi connectivity index (χ4v) is 1.13. The van der Waals surface area contributed by atoms with Gasteiger partial charge in [0, 0.05) is 6.54 Å². The van der Waals surface area contributed by atoms with Crippen LogP contribution >= 0.6 is 11.6 Å². The van der Waals surface area contributed by atoms with Gasteiger partial charge >= 0.3 is 0 Å². The van der Waals surface area contributed by atoms with Gasteiger partial charge in [0.2, 0.25) is 0 Å². The largest absolute Gasteiger partial charge is 0.382 e. The molecule has 1 N–H and O–H groups in total. The second-order valence-electron chi connectivity index (χ2n) is 3.04. The van der Waals surface area contributed by atoms with Gasteiger partial charge in [-0.25, -0.2) is 4.39 Å². The lowest BCUT2D eigenvalue weighted by atomic mass is 10.2. The van der Waals surface area contributed by atoms with Gasteiger partial charge in [0.15, 0.2) is 0 Å². The highest BCUT2D eigenvalue weighted by molar-refractivity contribution is 6.33. The van der Waals surface area contributed by atoms with E-state index in [0.717, 1.165) is 0 Å². The molecule has 1 atom stereocenters. The van der Waals surface area contributed by atoms with Crippen molar-refractivity contribution < 1.29 is 4.39 Å². The topological polar surface area (TPSA) is 35.8 Å². The van der Waals surface area contributed by atoms with Gasteiger partial charge in [-0.15, -0.1) is 0 Å². The Morgan fingerprint density at radius 3 is 3.00 bits per heavy atom. The molecule has 0 aliphatic rings. The highest BCUT2D eigenvalue weighted by Crippen LogP contribution is 2.22. The summed E-state index contributed by atoms with van der Waals surface area (Å²) >= 11 is 5.81. The second-order valence-corrected chi connectivity index (χ2v) is 3.44. The van der Waals surface area contributed by atoms with Crippen molar-refractivity contribution >= 4 is 17.3 Å². The van der Waals surface area contributed by atoms with E-state index >= 15 is 0 Å². The highest BCUT2D eigenvalue weighted by Gasteiger charge is 2.03. The third kappa shape index (κ3) is 2.90. The Hall–Kier alpha value is -1.27. The van der Waals surface area contributed by atoms with Gasteiger partial charge in [0.1, 0.15) is 5.82 Å². The molecule has 0 fully saturated rings. The minimum atomic E-state index is -0.346. The number of nitrogens with one attached hydrogen (secondary N) is 1. The summed E-state index contributed by atoms with van der Waals surface area (Å²) in [6.07, 6.45) is 0. The van der Waals surface area contributed by atoms with E-state index in [1.165, 1.54) is 18.2 Å². The summed E-state index contributed by atoms with van der Waals surface area (Å²) in [7, 11) is 0. The molecule has 0 aliphatic heterocycles. The van der Waals surface area contributed by atoms with Crippen molar-refractivity contribution in [2.45, 2.75) is 6.92 Å². The molecule has 1 unspecified atom stereocenters. The van der Waals surface area contributed by atoms with Gasteiger partial charge in [-0.3, -0.25) is 0 Å². The van der Waals surface area contributed by atoms with E-state index in [1.807, 2.05) is 0 Å². The Kier molecular flexibility index (Phi) is 3.73. The van der Waals surface area contributed by atoms with Gasteiger partial charge in [-0.1, -0.05) is 11.6 Å². The van der Waals surface area contributed by atoms with E-state index in [4.69, 9.17) is 16.9 Å². The van der Waals surface area contributed by atoms with Crippen molar-refractivity contribution in [3.05, 3.63) is 29.0 Å². The number of nitrogens with zero attached hydrogens (tertiary/aromatic N) is 1.